The van der Waals surface area contributed by atoms with Crippen LogP contribution < -0.4 is 0 Å². The molecule has 0 amide bonds. The van der Waals surface area contributed by atoms with Gasteiger partial charge in [0.1, 0.15) is 12.7 Å². The first-order chi connectivity index (χ1) is 20.8. The molecule has 198 valence electrons. The Morgan fingerprint density at radius 3 is 0.881 bits per heavy atom. The van der Waals surface area contributed by atoms with Crippen molar-refractivity contribution < 1.29 is 0 Å². The van der Waals surface area contributed by atoms with Crippen molar-refractivity contribution in [3.8, 4) is 66.8 Å². The van der Waals surface area contributed by atoms with Crippen LogP contribution in [0.25, 0.3) is 66.8 Å². The third-order valence-corrected chi connectivity index (χ3v) is 7.51. The van der Waals surface area contributed by atoms with E-state index in [0.717, 1.165) is 33.4 Å². The molecular weight excluding hydrogens is 512 g/mol. The molecule has 0 aliphatic carbocycles. The van der Waals surface area contributed by atoms with E-state index in [-0.39, 0.29) is 0 Å². The van der Waals surface area contributed by atoms with Crippen LogP contribution in [0, 0.1) is 0 Å². The van der Waals surface area contributed by atoms with Gasteiger partial charge in [0.05, 0.1) is 0 Å². The fourth-order valence-corrected chi connectivity index (χ4v) is 5.37. The van der Waals surface area contributed by atoms with Crippen LogP contribution in [-0.4, -0.2) is 19.9 Å². The molecule has 4 heteroatoms. The highest BCUT2D eigenvalue weighted by Gasteiger charge is 2.16. The Kier molecular flexibility index (Phi) is 6.85. The number of hydrogen-bond acceptors (Lipinski definition) is 4. The van der Waals surface area contributed by atoms with Crippen molar-refractivity contribution in [3.05, 3.63) is 159 Å². The van der Waals surface area contributed by atoms with Crippen LogP contribution in [0.2, 0.25) is 0 Å². The maximum Gasteiger partial charge on any atom is 0.115 e. The van der Waals surface area contributed by atoms with Crippen LogP contribution in [0.15, 0.2) is 159 Å². The number of rotatable bonds is 6. The van der Waals surface area contributed by atoms with Crippen molar-refractivity contribution in [1.82, 2.24) is 19.9 Å². The molecule has 0 N–H and O–H groups in total. The van der Waals surface area contributed by atoms with E-state index in [1.807, 2.05) is 24.8 Å². The van der Waals surface area contributed by atoms with Gasteiger partial charge in [-0.1, -0.05) is 109 Å². The second-order valence-electron chi connectivity index (χ2n) is 10.1. The van der Waals surface area contributed by atoms with E-state index in [1.165, 1.54) is 33.4 Å². The summed E-state index contributed by atoms with van der Waals surface area (Å²) in [4.78, 5) is 16.7. The highest BCUT2D eigenvalue weighted by Crippen LogP contribution is 2.42. The van der Waals surface area contributed by atoms with Gasteiger partial charge in [0, 0.05) is 35.9 Å². The maximum atomic E-state index is 4.19. The van der Waals surface area contributed by atoms with Gasteiger partial charge in [-0.3, -0.25) is 0 Å². The highest BCUT2D eigenvalue weighted by molar-refractivity contribution is 5.95. The lowest BCUT2D eigenvalue weighted by atomic mass is 9.85. The third-order valence-electron chi connectivity index (χ3n) is 7.51. The average Bonchev–Trinajstić information content (AvgIpc) is 3.09. The van der Waals surface area contributed by atoms with Gasteiger partial charge in [-0.05, 0) is 67.8 Å². The summed E-state index contributed by atoms with van der Waals surface area (Å²) in [7, 11) is 0. The first-order valence-corrected chi connectivity index (χ1v) is 13.8. The summed E-state index contributed by atoms with van der Waals surface area (Å²) in [6.45, 7) is 0. The molecule has 0 unspecified atom stereocenters. The highest BCUT2D eigenvalue weighted by atomic mass is 14.8. The maximum absolute atomic E-state index is 4.19. The summed E-state index contributed by atoms with van der Waals surface area (Å²) < 4.78 is 0. The molecule has 0 aliphatic heterocycles. The average molecular weight is 539 g/mol. The van der Waals surface area contributed by atoms with Gasteiger partial charge >= 0.3 is 0 Å². The van der Waals surface area contributed by atoms with Crippen molar-refractivity contribution in [2.45, 2.75) is 0 Å². The molecule has 0 fully saturated rings. The topological polar surface area (TPSA) is 51.6 Å². The summed E-state index contributed by atoms with van der Waals surface area (Å²) in [5.74, 6) is 0. The summed E-state index contributed by atoms with van der Waals surface area (Å²) in [6.07, 6.45) is 10.5. The SMILES string of the molecule is c1ccc(-c2cc(-c3ccccc3)c(-c3ccc(-c4cncnc4)cc3)cc2-c2ccc(-c3cncnc3)cc2)cc1. The smallest absolute Gasteiger partial charge is 0.115 e. The van der Waals surface area contributed by atoms with E-state index < -0.39 is 0 Å². The zero-order valence-corrected chi connectivity index (χ0v) is 22.8. The Hall–Kier alpha value is -5.74. The Labute approximate surface area is 245 Å². The molecule has 7 aromatic rings. The first kappa shape index (κ1) is 25.2. The Balaban J connectivity index is 1.42. The van der Waals surface area contributed by atoms with E-state index in [2.05, 4.69) is 141 Å². The van der Waals surface area contributed by atoms with Gasteiger partial charge in [-0.25, -0.2) is 19.9 Å². The molecule has 42 heavy (non-hydrogen) atoms. The predicted molar refractivity (Wildman–Crippen MR) is 170 cm³/mol. The number of nitrogens with zero attached hydrogens (tertiary/aromatic N) is 4. The molecule has 0 aliphatic rings. The summed E-state index contributed by atoms with van der Waals surface area (Å²) in [5, 5.41) is 0. The monoisotopic (exact) mass is 538 g/mol. The normalized spacial score (nSPS) is 10.9. The van der Waals surface area contributed by atoms with Crippen LogP contribution in [-0.2, 0) is 0 Å². The van der Waals surface area contributed by atoms with Gasteiger partial charge < -0.3 is 0 Å². The van der Waals surface area contributed by atoms with E-state index in [0.29, 0.717) is 0 Å². The second kappa shape index (κ2) is 11.4. The molecule has 2 aromatic heterocycles. The Bertz CT molecular complexity index is 1780. The van der Waals surface area contributed by atoms with Gasteiger partial charge in [-0.15, -0.1) is 0 Å². The van der Waals surface area contributed by atoms with Gasteiger partial charge in [-0.2, -0.15) is 0 Å². The van der Waals surface area contributed by atoms with Crippen LogP contribution in [0.5, 0.6) is 0 Å². The van der Waals surface area contributed by atoms with Crippen molar-refractivity contribution in [3.63, 3.8) is 0 Å². The minimum absolute atomic E-state index is 0.997. The fourth-order valence-electron chi connectivity index (χ4n) is 5.37. The molecule has 5 aromatic carbocycles. The summed E-state index contributed by atoms with van der Waals surface area (Å²) in [5.41, 5.74) is 13.5. The molecule has 7 rings (SSSR count). The Morgan fingerprint density at radius 2 is 0.548 bits per heavy atom. The number of benzene rings is 5. The van der Waals surface area contributed by atoms with Crippen molar-refractivity contribution in [2.75, 3.05) is 0 Å². The quantitative estimate of drug-likeness (QED) is 0.212. The molecule has 0 saturated carbocycles. The van der Waals surface area contributed by atoms with E-state index >= 15 is 0 Å². The van der Waals surface area contributed by atoms with Crippen molar-refractivity contribution in [2.24, 2.45) is 0 Å². The minimum atomic E-state index is 0.997. The predicted octanol–water partition coefficient (Wildman–Crippen LogP) is 9.27. The lowest BCUT2D eigenvalue weighted by molar-refractivity contribution is 1.17. The zero-order valence-electron chi connectivity index (χ0n) is 22.8. The van der Waals surface area contributed by atoms with Crippen molar-refractivity contribution >= 4 is 0 Å². The Morgan fingerprint density at radius 1 is 0.262 bits per heavy atom. The standard InChI is InChI=1S/C38H26N4/c1-3-7-29(8-4-1)35-19-36(30-9-5-2-6-10-30)38(32-17-13-28(14-18-32)34-23-41-26-42-24-34)20-37(35)31-15-11-27(12-16-31)33-21-39-25-40-22-33/h1-26H. The zero-order chi connectivity index (χ0) is 28.1. The van der Waals surface area contributed by atoms with E-state index in [9.17, 15) is 0 Å². The number of aromatic nitrogens is 4. The third kappa shape index (κ3) is 5.09. The molecule has 2 heterocycles. The summed E-state index contributed by atoms with van der Waals surface area (Å²) >= 11 is 0. The molecule has 0 bridgehead atoms. The lowest BCUT2D eigenvalue weighted by Crippen LogP contribution is -1.93. The lowest BCUT2D eigenvalue weighted by Gasteiger charge is -2.19. The molecule has 0 atom stereocenters. The largest absolute Gasteiger partial charge is 0.244 e. The van der Waals surface area contributed by atoms with E-state index in [1.54, 1.807) is 12.7 Å². The van der Waals surface area contributed by atoms with Gasteiger partial charge in [0.2, 0.25) is 0 Å². The van der Waals surface area contributed by atoms with Crippen molar-refractivity contribution in [1.29, 1.82) is 0 Å². The van der Waals surface area contributed by atoms with Crippen LogP contribution in [0.3, 0.4) is 0 Å². The van der Waals surface area contributed by atoms with Crippen LogP contribution in [0.4, 0.5) is 0 Å². The molecule has 0 radical (unpaired) electrons. The van der Waals surface area contributed by atoms with E-state index in [4.69, 9.17) is 0 Å². The number of hydrogen-bond donors (Lipinski definition) is 0. The molecule has 0 saturated heterocycles. The van der Waals surface area contributed by atoms with Crippen LogP contribution in [0.1, 0.15) is 0 Å². The first-order valence-electron chi connectivity index (χ1n) is 13.8. The fraction of sp³-hybridized carbons (Fsp3) is 0. The van der Waals surface area contributed by atoms with Crippen LogP contribution >= 0.6 is 0 Å². The summed E-state index contributed by atoms with van der Waals surface area (Å²) in [6, 6.07) is 43.2. The molecule has 0 spiro atoms. The molecular formula is C38H26N4. The van der Waals surface area contributed by atoms with Gasteiger partial charge in [0.25, 0.3) is 0 Å². The molecule has 4 nitrogen and oxygen atoms in total. The second-order valence-corrected chi connectivity index (χ2v) is 10.1. The minimum Gasteiger partial charge on any atom is -0.244 e. The van der Waals surface area contributed by atoms with Gasteiger partial charge in [0.15, 0.2) is 0 Å².